The molecular weight excluding hydrogens is 241 g/mol. The summed E-state index contributed by atoms with van der Waals surface area (Å²) in [5.74, 6) is 0. The molecule has 1 nitrogen and oxygen atoms in total. The number of nitrogens with zero attached hydrogens (tertiary/aromatic N) is 1. The molecule has 0 spiro atoms. The molecule has 1 unspecified atom stereocenters. The van der Waals surface area contributed by atoms with E-state index in [1.165, 1.54) is 24.1 Å². The van der Waals surface area contributed by atoms with Gasteiger partial charge in [-0.2, -0.15) is 0 Å². The highest BCUT2D eigenvalue weighted by Crippen LogP contribution is 2.50. The average molecular weight is 254 g/mol. The fourth-order valence-corrected chi connectivity index (χ4v) is 3.43. The zero-order chi connectivity index (χ0) is 11.3. The molecule has 0 bridgehead atoms. The van der Waals surface area contributed by atoms with Crippen molar-refractivity contribution in [2.45, 2.75) is 38.0 Å². The Morgan fingerprint density at radius 1 is 1.25 bits per heavy atom. The number of aliphatic imine (C=N–C) groups is 1. The molecule has 16 heavy (non-hydrogen) atoms. The summed E-state index contributed by atoms with van der Waals surface area (Å²) in [6.45, 7) is 2.27. The predicted molar refractivity (Wildman–Crippen MR) is 69.4 cm³/mol. The van der Waals surface area contributed by atoms with Crippen molar-refractivity contribution in [3.8, 4) is 0 Å². The largest absolute Gasteiger partial charge is 0.255 e. The van der Waals surface area contributed by atoms with E-state index in [0.29, 0.717) is 10.0 Å². The van der Waals surface area contributed by atoms with E-state index in [-0.39, 0.29) is 5.41 Å². The Labute approximate surface area is 105 Å². The molecule has 1 aromatic rings. The van der Waals surface area contributed by atoms with Gasteiger partial charge in [0.1, 0.15) is 0 Å². The van der Waals surface area contributed by atoms with Crippen molar-refractivity contribution in [1.82, 2.24) is 0 Å². The molecule has 1 heterocycles. The first kappa shape index (κ1) is 10.6. The van der Waals surface area contributed by atoms with E-state index in [9.17, 15) is 0 Å². The van der Waals surface area contributed by atoms with Crippen molar-refractivity contribution in [1.29, 1.82) is 0 Å². The molecule has 0 saturated heterocycles. The van der Waals surface area contributed by atoms with Gasteiger partial charge in [-0.05, 0) is 37.0 Å². The number of fused-ring (bicyclic) bond motifs is 3. The topological polar surface area (TPSA) is 12.4 Å². The first-order valence-corrected chi connectivity index (χ1v) is 6.44. The molecule has 0 amide bonds. The van der Waals surface area contributed by atoms with Crippen molar-refractivity contribution in [2.75, 3.05) is 0 Å². The molecule has 1 saturated carbocycles. The van der Waals surface area contributed by atoms with Crippen LogP contribution in [0.3, 0.4) is 0 Å². The van der Waals surface area contributed by atoms with E-state index < -0.39 is 0 Å². The third-order valence-electron chi connectivity index (χ3n) is 3.85. The van der Waals surface area contributed by atoms with Crippen LogP contribution in [0, 0.1) is 0 Å². The highest BCUT2D eigenvalue weighted by Gasteiger charge is 2.41. The number of halogens is 2. The van der Waals surface area contributed by atoms with E-state index in [1.807, 2.05) is 6.07 Å². The Hall–Kier alpha value is -0.530. The molecule has 0 aromatic heterocycles. The van der Waals surface area contributed by atoms with Gasteiger partial charge >= 0.3 is 0 Å². The Balaban J connectivity index is 2.23. The van der Waals surface area contributed by atoms with E-state index >= 15 is 0 Å². The molecule has 3 rings (SSSR count). The lowest BCUT2D eigenvalue weighted by molar-refractivity contribution is 0.498. The standard InChI is InChI=1S/C13H13Cl2N/c1-13-5-3-2-4-11(13)16-12-9(13)6-8(14)7-10(12)15/h6-7H,2-5H2,1H3. The van der Waals surface area contributed by atoms with Crippen molar-refractivity contribution in [2.24, 2.45) is 4.99 Å². The number of rotatable bonds is 0. The van der Waals surface area contributed by atoms with Crippen LogP contribution in [0.25, 0.3) is 0 Å². The zero-order valence-corrected chi connectivity index (χ0v) is 10.7. The maximum Gasteiger partial charge on any atom is 0.0858 e. The second kappa shape index (κ2) is 3.48. The van der Waals surface area contributed by atoms with Gasteiger partial charge in [-0.3, -0.25) is 4.99 Å². The van der Waals surface area contributed by atoms with Gasteiger partial charge in [0.15, 0.2) is 0 Å². The molecule has 2 aliphatic rings. The lowest BCUT2D eigenvalue weighted by Crippen LogP contribution is -2.32. The first-order valence-electron chi connectivity index (χ1n) is 5.69. The summed E-state index contributed by atoms with van der Waals surface area (Å²) in [5.41, 5.74) is 3.55. The fourth-order valence-electron chi connectivity index (χ4n) is 2.90. The van der Waals surface area contributed by atoms with Gasteiger partial charge in [-0.25, -0.2) is 0 Å². The highest BCUT2D eigenvalue weighted by atomic mass is 35.5. The minimum Gasteiger partial charge on any atom is -0.255 e. The molecule has 84 valence electrons. The zero-order valence-electron chi connectivity index (χ0n) is 9.19. The van der Waals surface area contributed by atoms with E-state index in [0.717, 1.165) is 18.5 Å². The number of hydrogen-bond acceptors (Lipinski definition) is 1. The van der Waals surface area contributed by atoms with Crippen LogP contribution in [-0.2, 0) is 5.41 Å². The summed E-state index contributed by atoms with van der Waals surface area (Å²) >= 11 is 12.3. The lowest BCUT2D eigenvalue weighted by atomic mass is 9.71. The fraction of sp³-hybridized carbons (Fsp3) is 0.462. The lowest BCUT2D eigenvalue weighted by Gasteiger charge is -2.31. The van der Waals surface area contributed by atoms with Crippen molar-refractivity contribution in [3.63, 3.8) is 0 Å². The monoisotopic (exact) mass is 253 g/mol. The molecule has 0 N–H and O–H groups in total. The quantitative estimate of drug-likeness (QED) is 0.623. The summed E-state index contributed by atoms with van der Waals surface area (Å²) in [7, 11) is 0. The Bertz CT molecular complexity index is 493. The molecule has 0 radical (unpaired) electrons. The third kappa shape index (κ3) is 1.34. The summed E-state index contributed by atoms with van der Waals surface area (Å²) < 4.78 is 0. The van der Waals surface area contributed by atoms with Crippen LogP contribution in [0.2, 0.25) is 10.0 Å². The van der Waals surface area contributed by atoms with Crippen LogP contribution in [0.15, 0.2) is 17.1 Å². The molecule has 1 aromatic carbocycles. The Kier molecular flexibility index (Phi) is 2.31. The van der Waals surface area contributed by atoms with Crippen molar-refractivity contribution in [3.05, 3.63) is 27.7 Å². The van der Waals surface area contributed by atoms with Crippen LogP contribution in [0.4, 0.5) is 5.69 Å². The van der Waals surface area contributed by atoms with E-state index in [4.69, 9.17) is 28.2 Å². The minimum atomic E-state index is 0.0854. The summed E-state index contributed by atoms with van der Waals surface area (Å²) in [6, 6.07) is 3.82. The van der Waals surface area contributed by atoms with Gasteiger partial charge in [0.2, 0.25) is 0 Å². The molecule has 1 aliphatic carbocycles. The van der Waals surface area contributed by atoms with Crippen LogP contribution >= 0.6 is 23.2 Å². The van der Waals surface area contributed by atoms with Gasteiger partial charge < -0.3 is 0 Å². The van der Waals surface area contributed by atoms with Crippen molar-refractivity contribution >= 4 is 34.6 Å². The van der Waals surface area contributed by atoms with Crippen molar-refractivity contribution < 1.29 is 0 Å². The van der Waals surface area contributed by atoms with E-state index in [1.54, 1.807) is 6.07 Å². The number of hydrogen-bond donors (Lipinski definition) is 0. The van der Waals surface area contributed by atoms with E-state index in [2.05, 4.69) is 6.92 Å². The summed E-state index contributed by atoms with van der Waals surface area (Å²) in [6.07, 6.45) is 4.77. The Morgan fingerprint density at radius 2 is 2.06 bits per heavy atom. The smallest absolute Gasteiger partial charge is 0.0858 e. The Morgan fingerprint density at radius 3 is 2.88 bits per heavy atom. The van der Waals surface area contributed by atoms with Crippen LogP contribution in [-0.4, -0.2) is 5.71 Å². The molecular formula is C13H13Cl2N. The average Bonchev–Trinajstić information content (AvgIpc) is 2.52. The van der Waals surface area contributed by atoms with Gasteiger partial charge in [0, 0.05) is 16.1 Å². The van der Waals surface area contributed by atoms with Crippen LogP contribution in [0.1, 0.15) is 38.2 Å². The predicted octanol–water partition coefficient (Wildman–Crippen LogP) is 4.91. The molecule has 3 heteroatoms. The normalized spacial score (nSPS) is 27.3. The second-order valence-corrected chi connectivity index (χ2v) is 5.73. The summed E-state index contributed by atoms with van der Waals surface area (Å²) in [5, 5.41) is 1.40. The van der Waals surface area contributed by atoms with Crippen LogP contribution < -0.4 is 0 Å². The molecule has 1 aliphatic heterocycles. The highest BCUT2D eigenvalue weighted by molar-refractivity contribution is 6.37. The van der Waals surface area contributed by atoms with Gasteiger partial charge in [-0.15, -0.1) is 0 Å². The third-order valence-corrected chi connectivity index (χ3v) is 4.35. The number of benzene rings is 1. The molecule has 1 fully saturated rings. The summed E-state index contributed by atoms with van der Waals surface area (Å²) in [4.78, 5) is 4.71. The van der Waals surface area contributed by atoms with Crippen LogP contribution in [0.5, 0.6) is 0 Å². The maximum atomic E-state index is 6.21. The second-order valence-electron chi connectivity index (χ2n) is 4.88. The first-order chi connectivity index (χ1) is 7.61. The van der Waals surface area contributed by atoms with Gasteiger partial charge in [0.05, 0.1) is 10.7 Å². The van der Waals surface area contributed by atoms with Gasteiger partial charge in [-0.1, -0.05) is 36.5 Å². The SMILES string of the molecule is CC12CCCCC1=Nc1c(Cl)cc(Cl)cc12. The molecule has 1 atom stereocenters. The maximum absolute atomic E-state index is 6.21. The van der Waals surface area contributed by atoms with Gasteiger partial charge in [0.25, 0.3) is 0 Å². The minimum absolute atomic E-state index is 0.0854.